The zero-order chi connectivity index (χ0) is 13.1. The molecule has 0 bridgehead atoms. The summed E-state index contributed by atoms with van der Waals surface area (Å²) in [5.41, 5.74) is 6.28. The van der Waals surface area contributed by atoms with E-state index < -0.39 is 0 Å². The second-order valence-electron chi connectivity index (χ2n) is 6.49. The maximum atomic E-state index is 5.99. The molecule has 0 radical (unpaired) electrons. The maximum Gasteiger partial charge on any atom is 0.0509 e. The third-order valence-corrected chi connectivity index (χ3v) is 4.37. The first-order valence-corrected chi connectivity index (χ1v) is 6.87. The molecule has 1 aliphatic rings. The van der Waals surface area contributed by atoms with Crippen molar-refractivity contribution in [2.45, 2.75) is 52.6 Å². The molecule has 3 heteroatoms. The topological polar surface area (TPSA) is 38.5 Å². The summed E-state index contributed by atoms with van der Waals surface area (Å²) in [6, 6.07) is 0.975. The molecule has 1 fully saturated rings. The largest absolute Gasteiger partial charge is 0.381 e. The van der Waals surface area contributed by atoms with Gasteiger partial charge in [0, 0.05) is 25.2 Å². The Morgan fingerprint density at radius 2 is 2.06 bits per heavy atom. The van der Waals surface area contributed by atoms with Crippen LogP contribution in [0.25, 0.3) is 0 Å². The van der Waals surface area contributed by atoms with E-state index in [4.69, 9.17) is 10.5 Å². The van der Waals surface area contributed by atoms with Gasteiger partial charge >= 0.3 is 0 Å². The molecule has 0 aromatic rings. The van der Waals surface area contributed by atoms with Crippen molar-refractivity contribution >= 4 is 0 Å². The molecule has 17 heavy (non-hydrogen) atoms. The summed E-state index contributed by atoms with van der Waals surface area (Å²) in [4.78, 5) is 2.46. The van der Waals surface area contributed by atoms with Crippen LogP contribution in [-0.4, -0.2) is 43.8 Å². The molecule has 0 saturated carbocycles. The summed E-state index contributed by atoms with van der Waals surface area (Å²) < 4.78 is 5.60. The van der Waals surface area contributed by atoms with E-state index in [2.05, 4.69) is 39.6 Å². The Balaban J connectivity index is 2.65. The van der Waals surface area contributed by atoms with Crippen LogP contribution in [0.5, 0.6) is 0 Å². The molecule has 3 nitrogen and oxygen atoms in total. The summed E-state index contributed by atoms with van der Waals surface area (Å²) in [6.45, 7) is 11.7. The number of nitrogens with two attached hydrogens (primary N) is 1. The maximum absolute atomic E-state index is 5.99. The van der Waals surface area contributed by atoms with Gasteiger partial charge in [-0.05, 0) is 38.1 Å². The van der Waals surface area contributed by atoms with E-state index in [9.17, 15) is 0 Å². The molecule has 0 spiro atoms. The number of rotatable bonds is 4. The zero-order valence-corrected chi connectivity index (χ0v) is 12.2. The van der Waals surface area contributed by atoms with E-state index >= 15 is 0 Å². The van der Waals surface area contributed by atoms with Gasteiger partial charge in [0.25, 0.3) is 0 Å². The van der Waals surface area contributed by atoms with Crippen LogP contribution in [0.4, 0.5) is 0 Å². The molecule has 3 unspecified atom stereocenters. The molecule has 102 valence electrons. The Bertz CT molecular complexity index is 219. The van der Waals surface area contributed by atoms with Crippen LogP contribution in [0.1, 0.15) is 40.5 Å². The second kappa shape index (κ2) is 6.17. The van der Waals surface area contributed by atoms with Crippen molar-refractivity contribution in [2.75, 3.05) is 26.8 Å². The van der Waals surface area contributed by atoms with Crippen molar-refractivity contribution < 1.29 is 4.74 Å². The van der Waals surface area contributed by atoms with Crippen molar-refractivity contribution in [1.29, 1.82) is 0 Å². The molecule has 1 saturated heterocycles. The van der Waals surface area contributed by atoms with Gasteiger partial charge in [0.05, 0.1) is 6.61 Å². The normalized spacial score (nSPS) is 25.9. The number of hydrogen-bond donors (Lipinski definition) is 1. The predicted octanol–water partition coefficient (Wildman–Crippen LogP) is 2.11. The summed E-state index contributed by atoms with van der Waals surface area (Å²) in [5, 5.41) is 0. The van der Waals surface area contributed by atoms with Crippen molar-refractivity contribution in [3.63, 3.8) is 0 Å². The first-order chi connectivity index (χ1) is 7.88. The monoisotopic (exact) mass is 242 g/mol. The summed E-state index contributed by atoms with van der Waals surface area (Å²) in [6.07, 6.45) is 2.43. The molecule has 1 heterocycles. The van der Waals surface area contributed by atoms with Gasteiger partial charge in [-0.3, -0.25) is 4.90 Å². The molecule has 0 aromatic heterocycles. The third-order valence-electron chi connectivity index (χ3n) is 4.37. The highest BCUT2D eigenvalue weighted by molar-refractivity contribution is 4.87. The first kappa shape index (κ1) is 14.9. The Kier molecular flexibility index (Phi) is 5.42. The van der Waals surface area contributed by atoms with E-state index in [1.165, 1.54) is 12.8 Å². The molecular formula is C14H30N2O. The third kappa shape index (κ3) is 3.94. The van der Waals surface area contributed by atoms with E-state index in [1.807, 2.05) is 0 Å². The van der Waals surface area contributed by atoms with Crippen LogP contribution in [-0.2, 0) is 4.74 Å². The Morgan fingerprint density at radius 3 is 2.47 bits per heavy atom. The van der Waals surface area contributed by atoms with Crippen LogP contribution < -0.4 is 5.73 Å². The smallest absolute Gasteiger partial charge is 0.0509 e. The van der Waals surface area contributed by atoms with Gasteiger partial charge in [-0.25, -0.2) is 0 Å². The van der Waals surface area contributed by atoms with Gasteiger partial charge in [-0.1, -0.05) is 20.8 Å². The predicted molar refractivity (Wildman–Crippen MR) is 73.1 cm³/mol. The van der Waals surface area contributed by atoms with E-state index in [1.54, 1.807) is 0 Å². The lowest BCUT2D eigenvalue weighted by Gasteiger charge is -2.43. The van der Waals surface area contributed by atoms with E-state index in [-0.39, 0.29) is 5.41 Å². The standard InChI is InChI=1S/C14H30N2O/c1-11(14(2,3)4)16(5)13(9-15)12-7-6-8-17-10-12/h11-13H,6-10,15H2,1-5H3. The number of hydrogen-bond acceptors (Lipinski definition) is 3. The van der Waals surface area contributed by atoms with Gasteiger partial charge in [-0.15, -0.1) is 0 Å². The second-order valence-corrected chi connectivity index (χ2v) is 6.49. The van der Waals surface area contributed by atoms with Crippen molar-refractivity contribution in [2.24, 2.45) is 17.1 Å². The van der Waals surface area contributed by atoms with Crippen molar-refractivity contribution in [1.82, 2.24) is 4.90 Å². The van der Waals surface area contributed by atoms with E-state index in [0.717, 1.165) is 19.8 Å². The first-order valence-electron chi connectivity index (χ1n) is 6.87. The van der Waals surface area contributed by atoms with Gasteiger partial charge < -0.3 is 10.5 Å². The highest BCUT2D eigenvalue weighted by Gasteiger charge is 2.32. The molecule has 1 aliphatic heterocycles. The molecular weight excluding hydrogens is 212 g/mol. The van der Waals surface area contributed by atoms with Crippen LogP contribution in [0, 0.1) is 11.3 Å². The average Bonchev–Trinajstić information content (AvgIpc) is 2.29. The lowest BCUT2D eigenvalue weighted by Crippen LogP contribution is -2.52. The minimum Gasteiger partial charge on any atom is -0.381 e. The average molecular weight is 242 g/mol. The molecule has 0 aromatic carbocycles. The van der Waals surface area contributed by atoms with Crippen molar-refractivity contribution in [3.05, 3.63) is 0 Å². The SMILES string of the molecule is CC(N(C)C(CN)C1CCCOC1)C(C)(C)C. The Morgan fingerprint density at radius 1 is 1.41 bits per heavy atom. The number of nitrogens with zero attached hydrogens (tertiary/aromatic N) is 1. The number of likely N-dealkylation sites (N-methyl/N-ethyl adjacent to an activating group) is 1. The fourth-order valence-electron chi connectivity index (χ4n) is 2.66. The molecule has 3 atom stereocenters. The fourth-order valence-corrected chi connectivity index (χ4v) is 2.66. The Labute approximate surface area is 107 Å². The molecule has 0 aliphatic carbocycles. The molecule has 0 amide bonds. The van der Waals surface area contributed by atoms with Crippen LogP contribution in [0.3, 0.4) is 0 Å². The number of ether oxygens (including phenoxy) is 1. The van der Waals surface area contributed by atoms with Crippen molar-refractivity contribution in [3.8, 4) is 0 Å². The summed E-state index contributed by atoms with van der Waals surface area (Å²) >= 11 is 0. The summed E-state index contributed by atoms with van der Waals surface area (Å²) in [5.74, 6) is 0.601. The lowest BCUT2D eigenvalue weighted by atomic mass is 9.84. The van der Waals surface area contributed by atoms with Gasteiger partial charge in [0.1, 0.15) is 0 Å². The Hall–Kier alpha value is -0.120. The van der Waals surface area contributed by atoms with Gasteiger partial charge in [0.15, 0.2) is 0 Å². The minimum absolute atomic E-state index is 0.289. The minimum atomic E-state index is 0.289. The van der Waals surface area contributed by atoms with Gasteiger partial charge in [0.2, 0.25) is 0 Å². The highest BCUT2D eigenvalue weighted by atomic mass is 16.5. The molecule has 1 rings (SSSR count). The van der Waals surface area contributed by atoms with Gasteiger partial charge in [-0.2, -0.15) is 0 Å². The van der Waals surface area contributed by atoms with E-state index in [0.29, 0.717) is 18.0 Å². The zero-order valence-electron chi connectivity index (χ0n) is 12.2. The summed E-state index contributed by atoms with van der Waals surface area (Å²) in [7, 11) is 2.21. The quantitative estimate of drug-likeness (QED) is 0.820. The van der Waals surface area contributed by atoms with Crippen LogP contribution in [0.2, 0.25) is 0 Å². The lowest BCUT2D eigenvalue weighted by molar-refractivity contribution is -0.00503. The fraction of sp³-hybridized carbons (Fsp3) is 1.00. The van der Waals surface area contributed by atoms with Crippen LogP contribution >= 0.6 is 0 Å². The molecule has 2 N–H and O–H groups in total. The van der Waals surface area contributed by atoms with Crippen LogP contribution in [0.15, 0.2) is 0 Å². The highest BCUT2D eigenvalue weighted by Crippen LogP contribution is 2.28.